The lowest BCUT2D eigenvalue weighted by molar-refractivity contribution is 0.0517. The van der Waals surface area contributed by atoms with Gasteiger partial charge in [0.05, 0.1) is 46.8 Å². The number of carbonyl (C=O) groups excluding carboxylic acids is 4. The van der Waals surface area contributed by atoms with E-state index in [0.717, 1.165) is 11.3 Å². The van der Waals surface area contributed by atoms with E-state index in [0.29, 0.717) is 45.9 Å². The highest BCUT2D eigenvalue weighted by Gasteiger charge is 2.18. The average Bonchev–Trinajstić information content (AvgIpc) is 3.12. The van der Waals surface area contributed by atoms with Gasteiger partial charge in [0.1, 0.15) is 0 Å². The summed E-state index contributed by atoms with van der Waals surface area (Å²) in [4.78, 5) is 49.1. The Morgan fingerprint density at radius 2 is 0.918 bits per heavy atom. The van der Waals surface area contributed by atoms with Crippen molar-refractivity contribution in [2.75, 3.05) is 34.9 Å². The Morgan fingerprint density at radius 1 is 0.510 bits per heavy atom. The molecular weight excluding hydrogens is 620 g/mol. The second-order valence-electron chi connectivity index (χ2n) is 10.4. The summed E-state index contributed by atoms with van der Waals surface area (Å²) in [6.45, 7) is 4.61. The molecule has 2 amide bonds. The van der Waals surface area contributed by atoms with Crippen molar-refractivity contribution in [1.82, 2.24) is 0 Å². The van der Waals surface area contributed by atoms with Crippen molar-refractivity contribution in [1.29, 1.82) is 0 Å². The number of nitrogens with two attached hydrogens (primary N) is 1. The minimum absolute atomic E-state index is 0.271. The monoisotopic (exact) mass is 658 g/mol. The lowest BCUT2D eigenvalue weighted by Gasteiger charge is -2.14. The molecule has 0 aliphatic heterocycles. The Balaban J connectivity index is 0.000000230. The molecule has 0 aromatic heterocycles. The van der Waals surface area contributed by atoms with Gasteiger partial charge in [-0.15, -0.1) is 0 Å². The molecule has 10 heteroatoms. The molecule has 0 saturated heterocycles. The lowest BCUT2D eigenvalue weighted by atomic mass is 10.1. The molecule has 0 heterocycles. The number of amides is 2. The van der Waals surface area contributed by atoms with Crippen LogP contribution in [-0.2, 0) is 16.0 Å². The summed E-state index contributed by atoms with van der Waals surface area (Å²) in [7, 11) is 0. The molecule has 5 N–H and O–H groups in total. The molecule has 250 valence electrons. The standard InChI is InChI=1S/C23H22N2O3.C16H16N2O3/c1-2-28-23(27)19-13-7-9-15-21(19)25-22(26)18-12-6-8-14-20(18)24-16-17-10-4-3-5-11-17;1-2-21-16(20)12-8-4-6-10-14(12)18-15(19)11-7-3-5-9-13(11)17/h3-15,24H,2,16H2,1H3,(H,25,26);3-10H,2,17H2,1H3,(H,18,19). The second-order valence-corrected chi connectivity index (χ2v) is 10.4. The highest BCUT2D eigenvalue weighted by Crippen LogP contribution is 2.22. The SMILES string of the molecule is CCOC(=O)c1ccccc1NC(=O)c1ccccc1N.CCOC(=O)c1ccccc1NC(=O)c1ccccc1NCc1ccccc1. The Morgan fingerprint density at radius 3 is 1.43 bits per heavy atom. The fourth-order valence-electron chi connectivity index (χ4n) is 4.67. The van der Waals surface area contributed by atoms with E-state index < -0.39 is 11.9 Å². The predicted molar refractivity (Wildman–Crippen MR) is 192 cm³/mol. The molecule has 0 radical (unpaired) electrons. The van der Waals surface area contributed by atoms with Crippen molar-refractivity contribution in [3.05, 3.63) is 155 Å². The van der Waals surface area contributed by atoms with Gasteiger partial charge in [-0.25, -0.2) is 9.59 Å². The van der Waals surface area contributed by atoms with Crippen molar-refractivity contribution in [2.45, 2.75) is 20.4 Å². The zero-order valence-electron chi connectivity index (χ0n) is 27.3. The topological polar surface area (TPSA) is 149 Å². The van der Waals surface area contributed by atoms with E-state index in [1.54, 1.807) is 98.8 Å². The molecule has 5 aromatic carbocycles. The van der Waals surface area contributed by atoms with Gasteiger partial charge < -0.3 is 31.2 Å². The number of anilines is 4. The molecule has 0 saturated carbocycles. The highest BCUT2D eigenvalue weighted by molar-refractivity contribution is 6.11. The quantitative estimate of drug-likeness (QED) is 0.0846. The van der Waals surface area contributed by atoms with E-state index in [4.69, 9.17) is 15.2 Å². The first kappa shape index (κ1) is 35.4. The third kappa shape index (κ3) is 10.0. The summed E-state index contributed by atoms with van der Waals surface area (Å²) in [5.41, 5.74) is 10.3. The second kappa shape index (κ2) is 18.1. The summed E-state index contributed by atoms with van der Waals surface area (Å²) in [6.07, 6.45) is 0. The van der Waals surface area contributed by atoms with Gasteiger partial charge in [-0.2, -0.15) is 0 Å². The van der Waals surface area contributed by atoms with Gasteiger partial charge in [-0.1, -0.05) is 78.9 Å². The number of esters is 2. The van der Waals surface area contributed by atoms with Crippen LogP contribution in [0.15, 0.2) is 127 Å². The van der Waals surface area contributed by atoms with Gasteiger partial charge >= 0.3 is 11.9 Å². The predicted octanol–water partition coefficient (Wildman–Crippen LogP) is 7.43. The number of ether oxygens (including phenoxy) is 2. The first-order chi connectivity index (χ1) is 23.8. The molecule has 0 aliphatic rings. The van der Waals surface area contributed by atoms with Crippen LogP contribution in [0.4, 0.5) is 22.7 Å². The van der Waals surface area contributed by atoms with Crippen molar-refractivity contribution in [3.63, 3.8) is 0 Å². The molecule has 49 heavy (non-hydrogen) atoms. The molecule has 10 nitrogen and oxygen atoms in total. The van der Waals surface area contributed by atoms with Crippen LogP contribution >= 0.6 is 0 Å². The van der Waals surface area contributed by atoms with E-state index in [-0.39, 0.29) is 25.0 Å². The minimum atomic E-state index is -0.477. The Labute approximate surface area is 285 Å². The molecule has 0 unspecified atom stereocenters. The van der Waals surface area contributed by atoms with Gasteiger partial charge in [0.2, 0.25) is 0 Å². The smallest absolute Gasteiger partial charge is 0.340 e. The average molecular weight is 659 g/mol. The normalized spacial score (nSPS) is 10.1. The summed E-state index contributed by atoms with van der Waals surface area (Å²) >= 11 is 0. The van der Waals surface area contributed by atoms with Crippen LogP contribution in [0.1, 0.15) is 60.8 Å². The van der Waals surface area contributed by atoms with Crippen molar-refractivity contribution < 1.29 is 28.7 Å². The summed E-state index contributed by atoms with van der Waals surface area (Å²) in [6, 6.07) is 37.5. The van der Waals surface area contributed by atoms with Gasteiger partial charge in [0.25, 0.3) is 11.8 Å². The lowest BCUT2D eigenvalue weighted by Crippen LogP contribution is -2.17. The number of benzene rings is 5. The summed E-state index contributed by atoms with van der Waals surface area (Å²) in [5, 5.41) is 8.81. The zero-order chi connectivity index (χ0) is 35.0. The van der Waals surface area contributed by atoms with Crippen molar-refractivity contribution in [2.24, 2.45) is 0 Å². The highest BCUT2D eigenvalue weighted by atomic mass is 16.5. The Kier molecular flexibility index (Phi) is 13.1. The van der Waals surface area contributed by atoms with Gasteiger partial charge in [-0.05, 0) is 67.9 Å². The zero-order valence-corrected chi connectivity index (χ0v) is 27.3. The van der Waals surface area contributed by atoms with Crippen LogP contribution in [0.5, 0.6) is 0 Å². The third-order valence-corrected chi connectivity index (χ3v) is 7.04. The van der Waals surface area contributed by atoms with Crippen LogP contribution in [0, 0.1) is 0 Å². The van der Waals surface area contributed by atoms with Gasteiger partial charge in [0, 0.05) is 17.9 Å². The fourth-order valence-corrected chi connectivity index (χ4v) is 4.67. The molecule has 0 atom stereocenters. The summed E-state index contributed by atoms with van der Waals surface area (Å²) < 4.78 is 10.0. The van der Waals surface area contributed by atoms with E-state index in [2.05, 4.69) is 16.0 Å². The number of nitrogen functional groups attached to an aromatic ring is 1. The first-order valence-electron chi connectivity index (χ1n) is 15.7. The van der Waals surface area contributed by atoms with Crippen LogP contribution in [0.3, 0.4) is 0 Å². The van der Waals surface area contributed by atoms with Crippen LogP contribution < -0.4 is 21.7 Å². The third-order valence-electron chi connectivity index (χ3n) is 7.04. The van der Waals surface area contributed by atoms with Crippen molar-refractivity contribution >= 4 is 46.5 Å². The van der Waals surface area contributed by atoms with E-state index >= 15 is 0 Å². The number of nitrogens with one attached hydrogen (secondary N) is 3. The molecule has 0 fully saturated rings. The number of carbonyl (C=O) groups is 4. The number of rotatable bonds is 11. The maximum absolute atomic E-state index is 12.9. The largest absolute Gasteiger partial charge is 0.462 e. The van der Waals surface area contributed by atoms with Crippen molar-refractivity contribution in [3.8, 4) is 0 Å². The van der Waals surface area contributed by atoms with Gasteiger partial charge in [0.15, 0.2) is 0 Å². The molecule has 5 rings (SSSR count). The Bertz CT molecular complexity index is 1890. The van der Waals surface area contributed by atoms with Crippen LogP contribution in [0.2, 0.25) is 0 Å². The fraction of sp³-hybridized carbons (Fsp3) is 0.128. The van der Waals surface area contributed by atoms with E-state index in [9.17, 15) is 19.2 Å². The first-order valence-corrected chi connectivity index (χ1v) is 15.7. The molecule has 0 spiro atoms. The maximum Gasteiger partial charge on any atom is 0.340 e. The molecule has 0 aliphatic carbocycles. The van der Waals surface area contributed by atoms with Crippen LogP contribution in [0.25, 0.3) is 0 Å². The van der Waals surface area contributed by atoms with E-state index in [1.807, 2.05) is 42.5 Å². The minimum Gasteiger partial charge on any atom is -0.462 e. The summed E-state index contributed by atoms with van der Waals surface area (Å²) in [5.74, 6) is -1.61. The number of hydrogen-bond donors (Lipinski definition) is 4. The molecule has 0 bridgehead atoms. The van der Waals surface area contributed by atoms with E-state index in [1.165, 1.54) is 0 Å². The van der Waals surface area contributed by atoms with Gasteiger partial charge in [-0.3, -0.25) is 9.59 Å². The maximum atomic E-state index is 12.9. The Hall–Kier alpha value is -6.42. The molecular formula is C39H38N4O6. The van der Waals surface area contributed by atoms with Crippen LogP contribution in [-0.4, -0.2) is 37.0 Å². The number of hydrogen-bond acceptors (Lipinski definition) is 8. The number of para-hydroxylation sites is 4. The molecule has 5 aromatic rings.